The predicted octanol–water partition coefficient (Wildman–Crippen LogP) is 3.18. The van der Waals surface area contributed by atoms with E-state index in [2.05, 4.69) is 5.32 Å². The molecule has 5 nitrogen and oxygen atoms in total. The Morgan fingerprint density at radius 2 is 1.67 bits per heavy atom. The number of rotatable bonds is 3. The number of anilines is 2. The van der Waals surface area contributed by atoms with Gasteiger partial charge in [0, 0.05) is 17.8 Å². The first kappa shape index (κ1) is 16.5. The minimum atomic E-state index is -3.23. The lowest BCUT2D eigenvalue weighted by Crippen LogP contribution is -2.37. The highest BCUT2D eigenvalue weighted by molar-refractivity contribution is 7.92. The maximum absolute atomic E-state index is 12.3. The van der Waals surface area contributed by atoms with Crippen LogP contribution < -0.4 is 9.62 Å². The lowest BCUT2D eigenvalue weighted by atomic mass is 10.1. The molecule has 0 aliphatic carbocycles. The number of carbonyl (C=O) groups excluding carboxylic acids is 1. The molecule has 0 aromatic heterocycles. The van der Waals surface area contributed by atoms with E-state index in [1.165, 1.54) is 4.31 Å². The second kappa shape index (κ2) is 6.65. The fourth-order valence-electron chi connectivity index (χ4n) is 2.70. The summed E-state index contributed by atoms with van der Waals surface area (Å²) in [6, 6.07) is 14.2. The second-order valence-corrected chi connectivity index (χ2v) is 7.98. The molecule has 1 saturated heterocycles. The van der Waals surface area contributed by atoms with Crippen LogP contribution in [0.25, 0.3) is 0 Å². The maximum Gasteiger partial charge on any atom is 0.255 e. The average molecular weight is 344 g/mol. The molecule has 0 spiro atoms. The molecule has 2 aromatic carbocycles. The Labute approximate surface area is 142 Å². The van der Waals surface area contributed by atoms with Crippen molar-refractivity contribution < 1.29 is 13.2 Å². The standard InChI is InChI=1S/C18H20N2O3S/c1-14-4-8-16(9-5-14)19-18(21)15-6-10-17(11-7-15)20-12-2-3-13-24(20,22)23/h4-11H,2-3,12-13H2,1H3,(H,19,21). The number of nitrogens with one attached hydrogen (secondary N) is 1. The van der Waals surface area contributed by atoms with Crippen LogP contribution in [0.5, 0.6) is 0 Å². The molecule has 0 bridgehead atoms. The topological polar surface area (TPSA) is 66.5 Å². The van der Waals surface area contributed by atoms with Gasteiger partial charge in [-0.15, -0.1) is 0 Å². The lowest BCUT2D eigenvalue weighted by molar-refractivity contribution is 0.102. The van der Waals surface area contributed by atoms with Gasteiger partial charge in [-0.25, -0.2) is 8.42 Å². The number of aryl methyl sites for hydroxylation is 1. The Morgan fingerprint density at radius 1 is 1.00 bits per heavy atom. The summed E-state index contributed by atoms with van der Waals surface area (Å²) in [7, 11) is -3.23. The van der Waals surface area contributed by atoms with Crippen molar-refractivity contribution in [2.45, 2.75) is 19.8 Å². The Morgan fingerprint density at radius 3 is 2.29 bits per heavy atom. The molecule has 0 unspecified atom stereocenters. The fraction of sp³-hybridized carbons (Fsp3) is 0.278. The highest BCUT2D eigenvalue weighted by atomic mass is 32.2. The highest BCUT2D eigenvalue weighted by Gasteiger charge is 2.25. The van der Waals surface area contributed by atoms with E-state index < -0.39 is 10.0 Å². The minimum Gasteiger partial charge on any atom is -0.322 e. The molecule has 1 amide bonds. The zero-order valence-corrected chi connectivity index (χ0v) is 14.3. The first-order chi connectivity index (χ1) is 11.5. The molecule has 1 heterocycles. The molecule has 1 aliphatic rings. The molecule has 1 N–H and O–H groups in total. The van der Waals surface area contributed by atoms with Crippen LogP contribution in [-0.4, -0.2) is 26.6 Å². The normalized spacial score (nSPS) is 16.6. The van der Waals surface area contributed by atoms with Crippen molar-refractivity contribution in [1.29, 1.82) is 0 Å². The van der Waals surface area contributed by atoms with Gasteiger partial charge in [-0.3, -0.25) is 9.10 Å². The second-order valence-electron chi connectivity index (χ2n) is 5.96. The molecule has 0 atom stereocenters. The van der Waals surface area contributed by atoms with Crippen LogP contribution >= 0.6 is 0 Å². The third kappa shape index (κ3) is 3.59. The molecule has 2 aromatic rings. The Kier molecular flexibility index (Phi) is 4.57. The summed E-state index contributed by atoms with van der Waals surface area (Å²) in [6.45, 7) is 2.48. The van der Waals surface area contributed by atoms with Gasteiger partial charge in [0.15, 0.2) is 0 Å². The number of benzene rings is 2. The van der Waals surface area contributed by atoms with E-state index in [-0.39, 0.29) is 11.7 Å². The summed E-state index contributed by atoms with van der Waals surface area (Å²) < 4.78 is 25.7. The number of carbonyl (C=O) groups is 1. The van der Waals surface area contributed by atoms with Crippen molar-refractivity contribution in [3.63, 3.8) is 0 Å². The Bertz CT molecular complexity index is 828. The first-order valence-corrected chi connectivity index (χ1v) is 9.55. The monoisotopic (exact) mass is 344 g/mol. The van der Waals surface area contributed by atoms with E-state index in [0.29, 0.717) is 24.2 Å². The molecule has 1 fully saturated rings. The van der Waals surface area contributed by atoms with E-state index in [9.17, 15) is 13.2 Å². The van der Waals surface area contributed by atoms with Crippen molar-refractivity contribution in [1.82, 2.24) is 0 Å². The van der Waals surface area contributed by atoms with Gasteiger partial charge in [-0.05, 0) is 56.2 Å². The van der Waals surface area contributed by atoms with Crippen LogP contribution in [0, 0.1) is 6.92 Å². The number of sulfonamides is 1. The molecule has 6 heteroatoms. The van der Waals surface area contributed by atoms with Crippen LogP contribution in [0.2, 0.25) is 0 Å². The van der Waals surface area contributed by atoms with Crippen molar-refractivity contribution in [3.8, 4) is 0 Å². The van der Waals surface area contributed by atoms with Gasteiger partial charge in [0.1, 0.15) is 0 Å². The third-order valence-corrected chi connectivity index (χ3v) is 5.95. The summed E-state index contributed by atoms with van der Waals surface area (Å²) in [5.41, 5.74) is 2.96. The van der Waals surface area contributed by atoms with Crippen LogP contribution in [0.15, 0.2) is 48.5 Å². The smallest absolute Gasteiger partial charge is 0.255 e. The molecular weight excluding hydrogens is 324 g/mol. The largest absolute Gasteiger partial charge is 0.322 e. The SMILES string of the molecule is Cc1ccc(NC(=O)c2ccc(N3CCCCS3(=O)=O)cc2)cc1. The number of hydrogen-bond donors (Lipinski definition) is 1. The molecular formula is C18H20N2O3S. The van der Waals surface area contributed by atoms with Crippen molar-refractivity contribution >= 4 is 27.3 Å². The van der Waals surface area contributed by atoms with E-state index in [1.54, 1.807) is 24.3 Å². The summed E-state index contributed by atoms with van der Waals surface area (Å²) >= 11 is 0. The number of hydrogen-bond acceptors (Lipinski definition) is 3. The summed E-state index contributed by atoms with van der Waals surface area (Å²) in [4.78, 5) is 12.3. The average Bonchev–Trinajstić information content (AvgIpc) is 2.57. The molecule has 24 heavy (non-hydrogen) atoms. The van der Waals surface area contributed by atoms with Crippen LogP contribution in [0.3, 0.4) is 0 Å². The quantitative estimate of drug-likeness (QED) is 0.930. The molecule has 0 radical (unpaired) electrons. The van der Waals surface area contributed by atoms with E-state index >= 15 is 0 Å². The first-order valence-electron chi connectivity index (χ1n) is 7.94. The molecule has 3 rings (SSSR count). The van der Waals surface area contributed by atoms with Crippen molar-refractivity contribution in [2.24, 2.45) is 0 Å². The van der Waals surface area contributed by atoms with Gasteiger partial charge in [-0.1, -0.05) is 17.7 Å². The zero-order chi connectivity index (χ0) is 17.2. The van der Waals surface area contributed by atoms with E-state index in [0.717, 1.165) is 17.7 Å². The summed E-state index contributed by atoms with van der Waals surface area (Å²) in [5.74, 6) is -0.0326. The van der Waals surface area contributed by atoms with E-state index in [4.69, 9.17) is 0 Å². The molecule has 126 valence electrons. The molecule has 1 aliphatic heterocycles. The number of amides is 1. The summed E-state index contributed by atoms with van der Waals surface area (Å²) in [5, 5.41) is 2.83. The predicted molar refractivity (Wildman–Crippen MR) is 95.9 cm³/mol. The van der Waals surface area contributed by atoms with Gasteiger partial charge in [0.25, 0.3) is 5.91 Å². The van der Waals surface area contributed by atoms with Crippen molar-refractivity contribution in [3.05, 3.63) is 59.7 Å². The van der Waals surface area contributed by atoms with Crippen LogP contribution in [0.1, 0.15) is 28.8 Å². The van der Waals surface area contributed by atoms with Crippen molar-refractivity contribution in [2.75, 3.05) is 21.9 Å². The van der Waals surface area contributed by atoms with Gasteiger partial charge in [0.05, 0.1) is 11.4 Å². The third-order valence-electron chi connectivity index (χ3n) is 4.08. The number of nitrogens with zero attached hydrogens (tertiary/aromatic N) is 1. The van der Waals surface area contributed by atoms with Gasteiger partial charge in [-0.2, -0.15) is 0 Å². The minimum absolute atomic E-state index is 0.183. The van der Waals surface area contributed by atoms with Gasteiger partial charge >= 0.3 is 0 Å². The van der Waals surface area contributed by atoms with E-state index in [1.807, 2.05) is 31.2 Å². The molecule has 0 saturated carbocycles. The highest BCUT2D eigenvalue weighted by Crippen LogP contribution is 2.24. The lowest BCUT2D eigenvalue weighted by Gasteiger charge is -2.28. The maximum atomic E-state index is 12.3. The van der Waals surface area contributed by atoms with Crippen LogP contribution in [0.4, 0.5) is 11.4 Å². The zero-order valence-electron chi connectivity index (χ0n) is 13.5. The Hall–Kier alpha value is -2.34. The summed E-state index contributed by atoms with van der Waals surface area (Å²) in [6.07, 6.45) is 1.56. The fourth-order valence-corrected chi connectivity index (χ4v) is 4.34. The van der Waals surface area contributed by atoms with Gasteiger partial charge < -0.3 is 5.32 Å². The van der Waals surface area contributed by atoms with Crippen LogP contribution in [-0.2, 0) is 10.0 Å². The Balaban J connectivity index is 1.74. The van der Waals surface area contributed by atoms with Gasteiger partial charge in [0.2, 0.25) is 10.0 Å².